The molecule has 9 heteroatoms. The maximum Gasteiger partial charge on any atom is 0.335 e. The standard InChI is InChI=1S/C8H9N3O5S/c9-5-3-4(7(12)13)1-2-6(5)17(15,16)11-8(10)14/h1-3H,9H2,(H,12,13)(H3,10,11,14). The van der Waals surface area contributed by atoms with Gasteiger partial charge in [-0.2, -0.15) is 0 Å². The smallest absolute Gasteiger partial charge is 0.335 e. The van der Waals surface area contributed by atoms with Gasteiger partial charge in [0.25, 0.3) is 10.0 Å². The van der Waals surface area contributed by atoms with E-state index in [1.54, 1.807) is 0 Å². The molecule has 0 saturated carbocycles. The van der Waals surface area contributed by atoms with E-state index >= 15 is 0 Å². The average molecular weight is 259 g/mol. The van der Waals surface area contributed by atoms with Crippen LogP contribution in [0.1, 0.15) is 10.4 Å². The number of rotatable bonds is 3. The molecule has 0 unspecified atom stereocenters. The molecular weight excluding hydrogens is 250 g/mol. The quantitative estimate of drug-likeness (QED) is 0.528. The highest BCUT2D eigenvalue weighted by Gasteiger charge is 2.20. The van der Waals surface area contributed by atoms with Crippen LogP contribution in [0.25, 0.3) is 0 Å². The Hall–Kier alpha value is -2.29. The van der Waals surface area contributed by atoms with Crippen molar-refractivity contribution in [3.63, 3.8) is 0 Å². The van der Waals surface area contributed by atoms with E-state index in [-0.39, 0.29) is 11.3 Å². The van der Waals surface area contributed by atoms with Crippen LogP contribution in [0, 0.1) is 0 Å². The Morgan fingerprint density at radius 3 is 2.29 bits per heavy atom. The van der Waals surface area contributed by atoms with E-state index in [1.807, 2.05) is 0 Å². The minimum atomic E-state index is -4.18. The van der Waals surface area contributed by atoms with E-state index in [9.17, 15) is 18.0 Å². The van der Waals surface area contributed by atoms with Crippen LogP contribution in [0.2, 0.25) is 0 Å². The first kappa shape index (κ1) is 12.8. The van der Waals surface area contributed by atoms with Gasteiger partial charge in [-0.05, 0) is 18.2 Å². The van der Waals surface area contributed by atoms with Crippen molar-refractivity contribution in [3.05, 3.63) is 23.8 Å². The summed E-state index contributed by atoms with van der Waals surface area (Å²) in [5.74, 6) is -1.25. The molecule has 0 heterocycles. The van der Waals surface area contributed by atoms with Crippen LogP contribution < -0.4 is 16.2 Å². The van der Waals surface area contributed by atoms with Gasteiger partial charge in [0.1, 0.15) is 4.90 Å². The molecule has 8 nitrogen and oxygen atoms in total. The number of carboxylic acid groups (broad SMARTS) is 1. The van der Waals surface area contributed by atoms with Crippen LogP contribution in [0.5, 0.6) is 0 Å². The summed E-state index contributed by atoms with van der Waals surface area (Å²) < 4.78 is 24.5. The maximum atomic E-state index is 11.5. The second kappa shape index (κ2) is 4.29. The number of aromatic carboxylic acids is 1. The van der Waals surface area contributed by atoms with Crippen LogP contribution in [0.4, 0.5) is 10.5 Å². The molecule has 6 N–H and O–H groups in total. The van der Waals surface area contributed by atoms with Crippen molar-refractivity contribution < 1.29 is 23.1 Å². The molecule has 0 aliphatic heterocycles. The Morgan fingerprint density at radius 2 is 1.88 bits per heavy atom. The predicted octanol–water partition coefficient (Wildman–Crippen LogP) is -0.676. The number of sulfonamides is 1. The van der Waals surface area contributed by atoms with Crippen LogP contribution >= 0.6 is 0 Å². The fraction of sp³-hybridized carbons (Fsp3) is 0. The molecule has 92 valence electrons. The Balaban J connectivity index is 3.25. The molecule has 0 aromatic heterocycles. The number of nitrogens with one attached hydrogen (secondary N) is 1. The van der Waals surface area contributed by atoms with Gasteiger partial charge < -0.3 is 16.6 Å². The van der Waals surface area contributed by atoms with Gasteiger partial charge >= 0.3 is 12.0 Å². The molecule has 1 aromatic carbocycles. The third kappa shape index (κ3) is 2.84. The summed E-state index contributed by atoms with van der Waals surface area (Å²) in [6, 6.07) is 1.74. The molecule has 2 amide bonds. The van der Waals surface area contributed by atoms with E-state index in [0.717, 1.165) is 18.2 Å². The fourth-order valence-electron chi connectivity index (χ4n) is 1.11. The van der Waals surface area contributed by atoms with Gasteiger partial charge in [-0.25, -0.2) is 22.7 Å². The molecule has 0 radical (unpaired) electrons. The molecule has 0 fully saturated rings. The van der Waals surface area contributed by atoms with Crippen LogP contribution in [0.3, 0.4) is 0 Å². The number of hydrogen-bond acceptors (Lipinski definition) is 5. The lowest BCUT2D eigenvalue weighted by Crippen LogP contribution is -2.35. The number of primary amides is 1. The second-order valence-electron chi connectivity index (χ2n) is 3.03. The zero-order valence-electron chi connectivity index (χ0n) is 8.38. The van der Waals surface area contributed by atoms with Gasteiger partial charge in [-0.15, -0.1) is 0 Å². The van der Waals surface area contributed by atoms with Gasteiger partial charge in [0.15, 0.2) is 0 Å². The summed E-state index contributed by atoms with van der Waals surface area (Å²) in [7, 11) is -4.18. The second-order valence-corrected chi connectivity index (χ2v) is 4.68. The zero-order chi connectivity index (χ0) is 13.2. The summed E-state index contributed by atoms with van der Waals surface area (Å²) in [5.41, 5.74) is 9.61. The van der Waals surface area contributed by atoms with Crippen molar-refractivity contribution in [2.75, 3.05) is 5.73 Å². The summed E-state index contributed by atoms with van der Waals surface area (Å²) >= 11 is 0. The van der Waals surface area contributed by atoms with E-state index < -0.39 is 26.9 Å². The number of carbonyl (C=O) groups excluding carboxylic acids is 1. The van der Waals surface area contributed by atoms with Crippen LogP contribution in [-0.4, -0.2) is 25.5 Å². The minimum absolute atomic E-state index is 0.166. The van der Waals surface area contributed by atoms with Gasteiger partial charge in [0.2, 0.25) is 0 Å². The third-order valence-corrected chi connectivity index (χ3v) is 3.20. The van der Waals surface area contributed by atoms with Gasteiger partial charge in [0.05, 0.1) is 11.3 Å². The lowest BCUT2D eigenvalue weighted by Gasteiger charge is -2.07. The molecule has 0 aliphatic carbocycles. The first-order valence-electron chi connectivity index (χ1n) is 4.19. The van der Waals surface area contributed by atoms with E-state index in [0.29, 0.717) is 0 Å². The van der Waals surface area contributed by atoms with E-state index in [4.69, 9.17) is 10.8 Å². The lowest BCUT2D eigenvalue weighted by atomic mass is 10.2. The number of anilines is 1. The average Bonchev–Trinajstić information content (AvgIpc) is 2.14. The summed E-state index contributed by atoms with van der Waals surface area (Å²) in [4.78, 5) is 20.7. The molecule has 1 rings (SSSR count). The number of benzene rings is 1. The van der Waals surface area contributed by atoms with Crippen molar-refractivity contribution in [2.24, 2.45) is 5.73 Å². The van der Waals surface area contributed by atoms with Crippen LogP contribution in [0.15, 0.2) is 23.1 Å². The topological polar surface area (TPSA) is 153 Å². The summed E-state index contributed by atoms with van der Waals surface area (Å²) in [6.45, 7) is 0. The van der Waals surface area contributed by atoms with Crippen molar-refractivity contribution in [1.82, 2.24) is 4.72 Å². The number of nitrogen functional groups attached to an aromatic ring is 1. The van der Waals surface area contributed by atoms with E-state index in [1.165, 1.54) is 4.72 Å². The third-order valence-electron chi connectivity index (χ3n) is 1.78. The van der Waals surface area contributed by atoms with Crippen molar-refractivity contribution in [2.45, 2.75) is 4.90 Å². The fourth-order valence-corrected chi connectivity index (χ4v) is 2.10. The highest BCUT2D eigenvalue weighted by atomic mass is 32.2. The Bertz CT molecular complexity index is 581. The first-order valence-corrected chi connectivity index (χ1v) is 5.67. The van der Waals surface area contributed by atoms with Gasteiger partial charge in [-0.3, -0.25) is 0 Å². The molecule has 17 heavy (non-hydrogen) atoms. The number of nitrogens with two attached hydrogens (primary N) is 2. The highest BCUT2D eigenvalue weighted by molar-refractivity contribution is 7.90. The number of carbonyl (C=O) groups is 2. The Morgan fingerprint density at radius 1 is 1.29 bits per heavy atom. The predicted molar refractivity (Wildman–Crippen MR) is 57.7 cm³/mol. The number of hydrogen-bond donors (Lipinski definition) is 4. The monoisotopic (exact) mass is 259 g/mol. The van der Waals surface area contributed by atoms with Crippen molar-refractivity contribution in [1.29, 1.82) is 0 Å². The SMILES string of the molecule is NC(=O)NS(=O)(=O)c1ccc(C(=O)O)cc1N. The normalized spacial score (nSPS) is 10.8. The highest BCUT2D eigenvalue weighted by Crippen LogP contribution is 2.19. The Labute approximate surface area is 96.3 Å². The maximum absolute atomic E-state index is 11.5. The van der Waals surface area contributed by atoms with Gasteiger partial charge in [0, 0.05) is 0 Å². The van der Waals surface area contributed by atoms with Gasteiger partial charge in [-0.1, -0.05) is 0 Å². The molecule has 0 atom stereocenters. The number of carboxylic acids is 1. The molecule has 0 bridgehead atoms. The molecular formula is C8H9N3O5S. The number of urea groups is 1. The molecule has 0 spiro atoms. The molecule has 0 saturated heterocycles. The lowest BCUT2D eigenvalue weighted by molar-refractivity contribution is 0.0696. The molecule has 0 aliphatic rings. The van der Waals surface area contributed by atoms with Crippen LogP contribution in [-0.2, 0) is 10.0 Å². The first-order chi connectivity index (χ1) is 7.74. The zero-order valence-corrected chi connectivity index (χ0v) is 9.19. The summed E-state index contributed by atoms with van der Waals surface area (Å²) in [6.07, 6.45) is 0. The summed E-state index contributed by atoms with van der Waals surface area (Å²) in [5, 5.41) is 8.65. The van der Waals surface area contributed by atoms with E-state index in [2.05, 4.69) is 5.73 Å². The minimum Gasteiger partial charge on any atom is -0.478 e. The van der Waals surface area contributed by atoms with Crippen molar-refractivity contribution in [3.8, 4) is 0 Å². The number of amides is 2. The van der Waals surface area contributed by atoms with Crippen molar-refractivity contribution >= 4 is 27.7 Å². The Kier molecular flexibility index (Phi) is 3.23. The largest absolute Gasteiger partial charge is 0.478 e. The molecule has 1 aromatic rings.